The second-order valence-electron chi connectivity index (χ2n) is 6.19. The largest absolute Gasteiger partial charge is 0.444 e. The number of carbonyl (C=O) groups excluding carboxylic acids is 2. The van der Waals surface area contributed by atoms with Crippen LogP contribution in [-0.2, 0) is 4.74 Å². The summed E-state index contributed by atoms with van der Waals surface area (Å²) in [4.78, 5) is 28.0. The molecule has 0 spiro atoms. The first-order valence-corrected chi connectivity index (χ1v) is 9.15. The molecule has 2 aliphatic heterocycles. The number of nitrogens with one attached hydrogen (secondary N) is 1. The molecule has 0 saturated carbocycles. The maximum absolute atomic E-state index is 12.4. The van der Waals surface area contributed by atoms with Crippen LogP contribution < -0.4 is 5.32 Å². The molecule has 24 heavy (non-hydrogen) atoms. The molecule has 1 N–H and O–H groups in total. The van der Waals surface area contributed by atoms with Gasteiger partial charge in [0.25, 0.3) is 0 Å². The maximum Gasteiger partial charge on any atom is 0.410 e. The van der Waals surface area contributed by atoms with Crippen LogP contribution in [0.2, 0.25) is 0 Å². The minimum Gasteiger partial charge on any atom is -0.444 e. The number of urea groups is 1. The Hall–Kier alpha value is -1.76. The molecule has 0 aliphatic carbocycles. The fourth-order valence-electron chi connectivity index (χ4n) is 3.19. The monoisotopic (exact) mass is 395 g/mol. The van der Waals surface area contributed by atoms with Gasteiger partial charge in [-0.1, -0.05) is 19.1 Å². The van der Waals surface area contributed by atoms with Crippen molar-refractivity contribution in [2.45, 2.75) is 38.3 Å². The number of anilines is 1. The lowest BCUT2D eigenvalue weighted by molar-refractivity contribution is 0.116. The summed E-state index contributed by atoms with van der Waals surface area (Å²) in [6.45, 7) is 3.97. The van der Waals surface area contributed by atoms with Gasteiger partial charge in [-0.15, -0.1) is 0 Å². The van der Waals surface area contributed by atoms with Crippen molar-refractivity contribution in [3.05, 3.63) is 28.7 Å². The van der Waals surface area contributed by atoms with Crippen LogP contribution in [0.1, 0.15) is 26.2 Å². The molecule has 1 aromatic rings. The number of halogens is 1. The van der Waals surface area contributed by atoms with Gasteiger partial charge in [0, 0.05) is 23.6 Å². The Balaban J connectivity index is 1.53. The Bertz CT molecular complexity index is 617. The van der Waals surface area contributed by atoms with E-state index in [1.807, 2.05) is 36.1 Å². The van der Waals surface area contributed by atoms with Crippen LogP contribution in [0, 0.1) is 0 Å². The second kappa shape index (κ2) is 7.42. The van der Waals surface area contributed by atoms with Gasteiger partial charge in [0.05, 0.1) is 12.2 Å². The van der Waals surface area contributed by atoms with Crippen molar-refractivity contribution in [3.63, 3.8) is 0 Å². The van der Waals surface area contributed by atoms with Crippen molar-refractivity contribution in [2.24, 2.45) is 0 Å². The molecular formula is C17H22BrN3O3. The van der Waals surface area contributed by atoms with Crippen LogP contribution in [0.4, 0.5) is 15.3 Å². The van der Waals surface area contributed by atoms with Gasteiger partial charge in [-0.05, 0) is 47.3 Å². The zero-order valence-corrected chi connectivity index (χ0v) is 15.3. The van der Waals surface area contributed by atoms with E-state index in [9.17, 15) is 9.59 Å². The number of nitrogens with zero attached hydrogens (tertiary/aromatic N) is 2. The smallest absolute Gasteiger partial charge is 0.410 e. The van der Waals surface area contributed by atoms with Crippen LogP contribution in [0.5, 0.6) is 0 Å². The third-order valence-electron chi connectivity index (χ3n) is 4.67. The summed E-state index contributed by atoms with van der Waals surface area (Å²) in [5.74, 6) is 0. The number of likely N-dealkylation sites (tertiary alicyclic amines) is 1. The standard InChI is InChI=1S/C17H22BrN3O3/c1-2-13-11-21(17(23)24-13)12-7-9-20(10-8-12)16(22)19-15-6-4-3-5-14(15)18/h3-6,12-13H,2,7-11H2,1H3,(H,19,22). The molecule has 1 atom stereocenters. The highest BCUT2D eigenvalue weighted by Gasteiger charge is 2.37. The average molecular weight is 396 g/mol. The minimum atomic E-state index is -0.210. The lowest BCUT2D eigenvalue weighted by Gasteiger charge is -2.35. The number of rotatable bonds is 3. The quantitative estimate of drug-likeness (QED) is 0.848. The summed E-state index contributed by atoms with van der Waals surface area (Å²) in [5, 5.41) is 2.92. The van der Waals surface area contributed by atoms with Crippen LogP contribution >= 0.6 is 15.9 Å². The number of amides is 3. The molecule has 6 nitrogen and oxygen atoms in total. The number of hydrogen-bond acceptors (Lipinski definition) is 3. The molecule has 130 valence electrons. The van der Waals surface area contributed by atoms with Crippen molar-refractivity contribution in [3.8, 4) is 0 Å². The Morgan fingerprint density at radius 2 is 2.04 bits per heavy atom. The summed E-state index contributed by atoms with van der Waals surface area (Å²) >= 11 is 3.43. The summed E-state index contributed by atoms with van der Waals surface area (Å²) < 4.78 is 6.19. The Kier molecular flexibility index (Phi) is 5.28. The van der Waals surface area contributed by atoms with Crippen LogP contribution in [0.15, 0.2) is 28.7 Å². The maximum atomic E-state index is 12.4. The van der Waals surface area contributed by atoms with E-state index in [0.717, 1.165) is 29.4 Å². The average Bonchev–Trinajstić information content (AvgIpc) is 2.98. The number of ether oxygens (including phenoxy) is 1. The molecule has 0 radical (unpaired) electrons. The zero-order valence-electron chi connectivity index (χ0n) is 13.7. The molecule has 2 saturated heterocycles. The fourth-order valence-corrected chi connectivity index (χ4v) is 3.57. The van der Waals surface area contributed by atoms with Gasteiger partial charge in [-0.2, -0.15) is 0 Å². The highest BCUT2D eigenvalue weighted by atomic mass is 79.9. The number of benzene rings is 1. The van der Waals surface area contributed by atoms with Gasteiger partial charge in [0.2, 0.25) is 0 Å². The van der Waals surface area contributed by atoms with Crippen molar-refractivity contribution in [1.82, 2.24) is 9.80 Å². The number of cyclic esters (lactones) is 1. The number of hydrogen-bond donors (Lipinski definition) is 1. The predicted octanol–water partition coefficient (Wildman–Crippen LogP) is 3.68. The van der Waals surface area contributed by atoms with Crippen molar-refractivity contribution < 1.29 is 14.3 Å². The molecule has 1 aromatic carbocycles. The molecule has 2 fully saturated rings. The Morgan fingerprint density at radius 1 is 1.33 bits per heavy atom. The lowest BCUT2D eigenvalue weighted by Crippen LogP contribution is -2.48. The molecular weight excluding hydrogens is 374 g/mol. The van der Waals surface area contributed by atoms with Gasteiger partial charge in [-0.25, -0.2) is 9.59 Å². The van der Waals surface area contributed by atoms with Crippen LogP contribution in [0.25, 0.3) is 0 Å². The SMILES string of the molecule is CCC1CN(C2CCN(C(=O)Nc3ccccc3Br)CC2)C(=O)O1. The number of carbonyl (C=O) groups is 2. The summed E-state index contributed by atoms with van der Waals surface area (Å²) in [5.41, 5.74) is 0.763. The Morgan fingerprint density at radius 3 is 2.67 bits per heavy atom. The normalized spacial score (nSPS) is 21.8. The first-order chi connectivity index (χ1) is 11.6. The van der Waals surface area contributed by atoms with Crippen molar-refractivity contribution in [1.29, 1.82) is 0 Å². The minimum absolute atomic E-state index is 0.00857. The van der Waals surface area contributed by atoms with E-state index < -0.39 is 0 Å². The topological polar surface area (TPSA) is 61.9 Å². The number of piperidine rings is 1. The molecule has 3 amide bonds. The molecule has 1 unspecified atom stereocenters. The van der Waals surface area contributed by atoms with Crippen LogP contribution in [-0.4, -0.2) is 53.7 Å². The van der Waals surface area contributed by atoms with Crippen LogP contribution in [0.3, 0.4) is 0 Å². The van der Waals surface area contributed by atoms with Gasteiger partial charge in [0.1, 0.15) is 6.10 Å². The van der Waals surface area contributed by atoms with Gasteiger partial charge >= 0.3 is 12.1 Å². The molecule has 0 aromatic heterocycles. The highest BCUT2D eigenvalue weighted by molar-refractivity contribution is 9.10. The van der Waals surface area contributed by atoms with Crippen molar-refractivity contribution in [2.75, 3.05) is 25.0 Å². The third-order valence-corrected chi connectivity index (χ3v) is 5.36. The van der Waals surface area contributed by atoms with Crippen molar-refractivity contribution >= 4 is 33.7 Å². The number of para-hydroxylation sites is 1. The molecule has 7 heteroatoms. The van der Waals surface area contributed by atoms with Gasteiger partial charge < -0.3 is 19.9 Å². The predicted molar refractivity (Wildman–Crippen MR) is 95.0 cm³/mol. The van der Waals surface area contributed by atoms with E-state index in [1.165, 1.54) is 0 Å². The summed E-state index contributed by atoms with van der Waals surface area (Å²) in [7, 11) is 0. The molecule has 2 aliphatic rings. The highest BCUT2D eigenvalue weighted by Crippen LogP contribution is 2.25. The molecule has 3 rings (SSSR count). The zero-order chi connectivity index (χ0) is 17.1. The Labute approximate surface area is 150 Å². The van der Waals surface area contributed by atoms with E-state index in [-0.39, 0.29) is 24.3 Å². The van der Waals surface area contributed by atoms with Gasteiger partial charge in [0.15, 0.2) is 0 Å². The third kappa shape index (κ3) is 3.66. The first-order valence-electron chi connectivity index (χ1n) is 8.36. The van der Waals surface area contributed by atoms with Gasteiger partial charge in [-0.3, -0.25) is 0 Å². The molecule has 0 bridgehead atoms. The van der Waals surface area contributed by atoms with E-state index in [0.29, 0.717) is 19.6 Å². The molecule has 2 heterocycles. The van der Waals surface area contributed by atoms with E-state index >= 15 is 0 Å². The van der Waals surface area contributed by atoms with E-state index in [1.54, 1.807) is 4.90 Å². The summed E-state index contributed by atoms with van der Waals surface area (Å²) in [6.07, 6.45) is 2.21. The second-order valence-corrected chi connectivity index (χ2v) is 7.05. The fraction of sp³-hybridized carbons (Fsp3) is 0.529. The van der Waals surface area contributed by atoms with E-state index in [4.69, 9.17) is 4.74 Å². The first kappa shape index (κ1) is 17.1. The van der Waals surface area contributed by atoms with E-state index in [2.05, 4.69) is 21.2 Å². The summed E-state index contributed by atoms with van der Waals surface area (Å²) in [6, 6.07) is 7.61. The lowest BCUT2D eigenvalue weighted by atomic mass is 10.0.